The Balaban J connectivity index is 1.93. The zero-order chi connectivity index (χ0) is 26.1. The number of hydrogen-bond acceptors (Lipinski definition) is 4. The molecule has 0 spiro atoms. The van der Waals surface area contributed by atoms with Crippen molar-refractivity contribution in [2.24, 2.45) is 0 Å². The molecular weight excluding hydrogens is 452 g/mol. The van der Waals surface area contributed by atoms with E-state index in [4.69, 9.17) is 9.47 Å². The fourth-order valence-corrected chi connectivity index (χ4v) is 3.84. The Morgan fingerprint density at radius 3 is 2.19 bits per heavy atom. The van der Waals surface area contributed by atoms with E-state index in [-0.39, 0.29) is 25.0 Å². The Bertz CT molecular complexity index is 1140. The van der Waals surface area contributed by atoms with Crippen LogP contribution in [0.4, 0.5) is 0 Å². The summed E-state index contributed by atoms with van der Waals surface area (Å²) in [5.74, 6) is 0.810. The van der Waals surface area contributed by atoms with Gasteiger partial charge < -0.3 is 19.7 Å². The minimum atomic E-state index is -0.730. The van der Waals surface area contributed by atoms with Crippen molar-refractivity contribution in [3.05, 3.63) is 95.6 Å². The van der Waals surface area contributed by atoms with Crippen LogP contribution in [0.2, 0.25) is 0 Å². The smallest absolute Gasteiger partial charge is 0.261 e. The molecule has 3 aromatic rings. The number of rotatable bonds is 10. The maximum Gasteiger partial charge on any atom is 0.261 e. The summed E-state index contributed by atoms with van der Waals surface area (Å²) in [5, 5.41) is 3.06. The molecule has 0 heterocycles. The second kappa shape index (κ2) is 12.2. The molecule has 190 valence electrons. The Kier molecular flexibility index (Phi) is 9.12. The zero-order valence-electron chi connectivity index (χ0n) is 21.8. The van der Waals surface area contributed by atoms with Gasteiger partial charge in [0.05, 0.1) is 7.11 Å². The van der Waals surface area contributed by atoms with E-state index in [0.717, 1.165) is 16.7 Å². The number of nitrogens with zero attached hydrogens (tertiary/aromatic N) is 1. The van der Waals surface area contributed by atoms with Crippen molar-refractivity contribution < 1.29 is 19.1 Å². The van der Waals surface area contributed by atoms with E-state index < -0.39 is 11.6 Å². The van der Waals surface area contributed by atoms with Gasteiger partial charge in [0.2, 0.25) is 5.91 Å². The second-order valence-electron chi connectivity index (χ2n) is 9.92. The topological polar surface area (TPSA) is 67.9 Å². The molecule has 0 aliphatic carbocycles. The standard InChI is InChI=1S/C30H36N2O4/c1-22-14-16-25(17-15-22)36-21-28(33)32(20-24-12-9-13-26(18-24)35-5)27(29(34)31-30(2,3)4)19-23-10-7-6-8-11-23/h6-18,27H,19-21H2,1-5H3,(H,31,34)/t27-/m1/s1. The summed E-state index contributed by atoms with van der Waals surface area (Å²) in [6, 6.07) is 24.1. The summed E-state index contributed by atoms with van der Waals surface area (Å²) < 4.78 is 11.2. The Morgan fingerprint density at radius 2 is 1.56 bits per heavy atom. The maximum absolute atomic E-state index is 13.6. The lowest BCUT2D eigenvalue weighted by atomic mass is 10.0. The van der Waals surface area contributed by atoms with Gasteiger partial charge in [-0.05, 0) is 63.1 Å². The number of amides is 2. The number of methoxy groups -OCH3 is 1. The van der Waals surface area contributed by atoms with Crippen molar-refractivity contribution in [3.8, 4) is 11.5 Å². The molecule has 0 aromatic heterocycles. The molecule has 0 bridgehead atoms. The molecule has 36 heavy (non-hydrogen) atoms. The third-order valence-electron chi connectivity index (χ3n) is 5.64. The summed E-state index contributed by atoms with van der Waals surface area (Å²) in [5.41, 5.74) is 2.49. The Hall–Kier alpha value is -3.80. The van der Waals surface area contributed by atoms with Gasteiger partial charge in [-0.15, -0.1) is 0 Å². The molecule has 0 radical (unpaired) electrons. The molecule has 0 saturated heterocycles. The number of benzene rings is 3. The molecule has 0 saturated carbocycles. The van der Waals surface area contributed by atoms with Crippen LogP contribution in [0.25, 0.3) is 0 Å². The third-order valence-corrected chi connectivity index (χ3v) is 5.64. The number of ether oxygens (including phenoxy) is 2. The van der Waals surface area contributed by atoms with Crippen LogP contribution in [0.5, 0.6) is 11.5 Å². The molecule has 3 rings (SSSR count). The molecule has 2 amide bonds. The van der Waals surface area contributed by atoms with E-state index in [9.17, 15) is 9.59 Å². The van der Waals surface area contributed by atoms with E-state index in [0.29, 0.717) is 17.9 Å². The third kappa shape index (κ3) is 8.15. The van der Waals surface area contributed by atoms with Gasteiger partial charge in [0, 0.05) is 18.5 Å². The molecule has 1 N–H and O–H groups in total. The first-order valence-electron chi connectivity index (χ1n) is 12.1. The van der Waals surface area contributed by atoms with Crippen LogP contribution < -0.4 is 14.8 Å². The maximum atomic E-state index is 13.6. The average Bonchev–Trinajstić information content (AvgIpc) is 2.85. The molecule has 1 atom stereocenters. The summed E-state index contributed by atoms with van der Waals surface area (Å²) in [6.45, 7) is 7.84. The number of nitrogens with one attached hydrogen (secondary N) is 1. The van der Waals surface area contributed by atoms with Crippen LogP contribution in [0.3, 0.4) is 0 Å². The Labute approximate surface area is 214 Å². The van der Waals surface area contributed by atoms with Crippen molar-refractivity contribution in [2.45, 2.75) is 52.2 Å². The highest BCUT2D eigenvalue weighted by Crippen LogP contribution is 2.20. The first-order valence-corrected chi connectivity index (χ1v) is 12.1. The summed E-state index contributed by atoms with van der Waals surface area (Å²) in [6.07, 6.45) is 0.378. The lowest BCUT2D eigenvalue weighted by Crippen LogP contribution is -2.55. The predicted octanol–water partition coefficient (Wildman–Crippen LogP) is 4.94. The van der Waals surface area contributed by atoms with Gasteiger partial charge in [0.1, 0.15) is 17.5 Å². The zero-order valence-corrected chi connectivity index (χ0v) is 21.8. The van der Waals surface area contributed by atoms with Gasteiger partial charge in [-0.1, -0.05) is 60.2 Å². The number of hydrogen-bond donors (Lipinski definition) is 1. The van der Waals surface area contributed by atoms with Crippen molar-refractivity contribution in [2.75, 3.05) is 13.7 Å². The fourth-order valence-electron chi connectivity index (χ4n) is 3.84. The summed E-state index contributed by atoms with van der Waals surface area (Å²) >= 11 is 0. The van der Waals surface area contributed by atoms with Crippen LogP contribution in [-0.4, -0.2) is 42.0 Å². The highest BCUT2D eigenvalue weighted by Gasteiger charge is 2.32. The average molecular weight is 489 g/mol. The molecular formula is C30H36N2O4. The van der Waals surface area contributed by atoms with E-state index in [1.807, 2.05) is 107 Å². The number of carbonyl (C=O) groups excluding carboxylic acids is 2. The second-order valence-corrected chi connectivity index (χ2v) is 9.92. The number of aryl methyl sites for hydroxylation is 1. The van der Waals surface area contributed by atoms with E-state index in [2.05, 4.69) is 5.32 Å². The lowest BCUT2D eigenvalue weighted by Gasteiger charge is -2.33. The Morgan fingerprint density at radius 1 is 0.889 bits per heavy atom. The fraction of sp³-hybridized carbons (Fsp3) is 0.333. The quantitative estimate of drug-likeness (QED) is 0.439. The molecule has 0 fully saturated rings. The van der Waals surface area contributed by atoms with Gasteiger partial charge in [-0.3, -0.25) is 9.59 Å². The van der Waals surface area contributed by atoms with Crippen molar-refractivity contribution in [1.29, 1.82) is 0 Å². The molecule has 6 nitrogen and oxygen atoms in total. The van der Waals surface area contributed by atoms with E-state index >= 15 is 0 Å². The van der Waals surface area contributed by atoms with Gasteiger partial charge in [0.25, 0.3) is 5.91 Å². The monoisotopic (exact) mass is 488 g/mol. The first-order chi connectivity index (χ1) is 17.1. The first kappa shape index (κ1) is 26.8. The highest BCUT2D eigenvalue weighted by molar-refractivity contribution is 5.89. The minimum absolute atomic E-state index is 0.179. The van der Waals surface area contributed by atoms with Gasteiger partial charge in [0.15, 0.2) is 6.61 Å². The van der Waals surface area contributed by atoms with Gasteiger partial charge >= 0.3 is 0 Å². The summed E-state index contributed by atoms with van der Waals surface area (Å²) in [7, 11) is 1.60. The predicted molar refractivity (Wildman–Crippen MR) is 142 cm³/mol. The summed E-state index contributed by atoms with van der Waals surface area (Å²) in [4.78, 5) is 28.8. The molecule has 3 aromatic carbocycles. The normalized spacial score (nSPS) is 11.9. The molecule has 6 heteroatoms. The largest absolute Gasteiger partial charge is 0.497 e. The van der Waals surface area contributed by atoms with Crippen LogP contribution in [0, 0.1) is 6.92 Å². The number of carbonyl (C=O) groups is 2. The van der Waals surface area contributed by atoms with Gasteiger partial charge in [-0.2, -0.15) is 0 Å². The molecule has 0 aliphatic rings. The molecule has 0 unspecified atom stereocenters. The van der Waals surface area contributed by atoms with Crippen LogP contribution in [0.15, 0.2) is 78.9 Å². The highest BCUT2D eigenvalue weighted by atomic mass is 16.5. The lowest BCUT2D eigenvalue weighted by molar-refractivity contribution is -0.143. The van der Waals surface area contributed by atoms with Crippen LogP contribution in [0.1, 0.15) is 37.5 Å². The van der Waals surface area contributed by atoms with E-state index in [1.54, 1.807) is 12.0 Å². The van der Waals surface area contributed by atoms with Gasteiger partial charge in [-0.25, -0.2) is 0 Å². The van der Waals surface area contributed by atoms with Crippen molar-refractivity contribution in [1.82, 2.24) is 10.2 Å². The van der Waals surface area contributed by atoms with Crippen molar-refractivity contribution >= 4 is 11.8 Å². The van der Waals surface area contributed by atoms with Crippen molar-refractivity contribution in [3.63, 3.8) is 0 Å². The van der Waals surface area contributed by atoms with Crippen LogP contribution in [-0.2, 0) is 22.6 Å². The molecule has 0 aliphatic heterocycles. The van der Waals surface area contributed by atoms with E-state index in [1.165, 1.54) is 0 Å². The SMILES string of the molecule is COc1cccc(CN(C(=O)COc2ccc(C)cc2)[C@H](Cc2ccccc2)C(=O)NC(C)(C)C)c1. The minimum Gasteiger partial charge on any atom is -0.497 e. The van der Waals surface area contributed by atoms with Crippen LogP contribution >= 0.6 is 0 Å².